The molecule has 2 aromatic heterocycles. The van der Waals surface area contributed by atoms with Gasteiger partial charge in [-0.1, -0.05) is 0 Å². The number of pyridine rings is 1. The van der Waals surface area contributed by atoms with Gasteiger partial charge in [0, 0.05) is 25.1 Å². The van der Waals surface area contributed by atoms with E-state index in [4.69, 9.17) is 14.6 Å². The second kappa shape index (κ2) is 8.82. The number of nitrogens with one attached hydrogen (secondary N) is 2. The Morgan fingerprint density at radius 2 is 2.10 bits per heavy atom. The van der Waals surface area contributed by atoms with E-state index in [9.17, 15) is 9.18 Å². The molecule has 2 atom stereocenters. The lowest BCUT2D eigenvalue weighted by molar-refractivity contribution is 0.0956. The van der Waals surface area contributed by atoms with E-state index < -0.39 is 5.82 Å². The van der Waals surface area contributed by atoms with Crippen LogP contribution in [0.25, 0.3) is 0 Å². The number of aromatic nitrogens is 3. The molecule has 0 spiro atoms. The molecule has 8 nitrogen and oxygen atoms in total. The van der Waals surface area contributed by atoms with Crippen LogP contribution < -0.4 is 10.6 Å². The average Bonchev–Trinajstić information content (AvgIpc) is 3.33. The minimum absolute atomic E-state index is 0.132. The van der Waals surface area contributed by atoms with Crippen LogP contribution in [0.1, 0.15) is 63.8 Å². The molecule has 1 aliphatic carbocycles. The number of hydrogen-bond donors (Lipinski definition) is 2. The number of fused-ring (bicyclic) bond motifs is 7. The van der Waals surface area contributed by atoms with Crippen molar-refractivity contribution in [2.75, 3.05) is 18.5 Å². The highest BCUT2D eigenvalue weighted by molar-refractivity contribution is 5.67. The van der Waals surface area contributed by atoms with Crippen molar-refractivity contribution in [3.05, 3.63) is 35.4 Å². The van der Waals surface area contributed by atoms with Gasteiger partial charge in [0.2, 0.25) is 0 Å². The predicted octanol–water partition coefficient (Wildman–Crippen LogP) is 4.20. The number of ether oxygens (including phenoxy) is 2. The van der Waals surface area contributed by atoms with Gasteiger partial charge in [0.05, 0.1) is 23.5 Å². The Hall–Kier alpha value is -2.68. The van der Waals surface area contributed by atoms with Gasteiger partial charge in [-0.3, -0.25) is 0 Å². The Morgan fingerprint density at radius 1 is 1.26 bits per heavy atom. The quantitative estimate of drug-likeness (QED) is 0.650. The fraction of sp³-hybridized carbons (Fsp3) is 0.591. The van der Waals surface area contributed by atoms with Crippen molar-refractivity contribution in [2.45, 2.75) is 70.6 Å². The van der Waals surface area contributed by atoms with E-state index in [-0.39, 0.29) is 36.1 Å². The molecule has 1 saturated carbocycles. The Morgan fingerprint density at radius 3 is 2.90 bits per heavy atom. The first-order valence-corrected chi connectivity index (χ1v) is 10.8. The van der Waals surface area contributed by atoms with Crippen LogP contribution >= 0.6 is 0 Å². The van der Waals surface area contributed by atoms with Gasteiger partial charge in [-0.2, -0.15) is 5.10 Å². The van der Waals surface area contributed by atoms with Crippen molar-refractivity contribution >= 4 is 17.7 Å². The molecule has 9 heteroatoms. The second-order valence-electron chi connectivity index (χ2n) is 9.17. The van der Waals surface area contributed by atoms with Crippen LogP contribution in [0, 0.1) is 5.82 Å². The third kappa shape index (κ3) is 5.15. The van der Waals surface area contributed by atoms with Crippen LogP contribution in [0.4, 0.5) is 20.8 Å². The number of halogens is 1. The second-order valence-corrected chi connectivity index (χ2v) is 9.17. The van der Waals surface area contributed by atoms with E-state index in [1.165, 1.54) is 6.07 Å². The number of nitrogens with zero attached hydrogens (tertiary/aromatic N) is 3. The maximum atomic E-state index is 14.5. The Kier molecular flexibility index (Phi) is 6.13. The number of anilines is 2. The third-order valence-electron chi connectivity index (χ3n) is 5.58. The molecule has 0 radical (unpaired) electrons. The van der Waals surface area contributed by atoms with Gasteiger partial charge in [0.1, 0.15) is 11.9 Å². The summed E-state index contributed by atoms with van der Waals surface area (Å²) >= 11 is 0. The zero-order chi connectivity index (χ0) is 22.0. The van der Waals surface area contributed by atoms with Gasteiger partial charge in [0.25, 0.3) is 0 Å². The van der Waals surface area contributed by atoms with E-state index in [2.05, 4.69) is 15.6 Å². The summed E-state index contributed by atoms with van der Waals surface area (Å²) in [5, 5.41) is 10.7. The fourth-order valence-electron chi connectivity index (χ4n) is 4.02. The Bertz CT molecular complexity index is 940. The van der Waals surface area contributed by atoms with Crippen LogP contribution in [-0.2, 0) is 21.6 Å². The van der Waals surface area contributed by atoms with Crippen molar-refractivity contribution in [3.8, 4) is 0 Å². The smallest absolute Gasteiger partial charge is 0.407 e. The fourth-order valence-corrected chi connectivity index (χ4v) is 4.02. The Balaban J connectivity index is 1.67. The minimum Gasteiger partial charge on any atom is -0.446 e. The maximum absolute atomic E-state index is 14.5. The lowest BCUT2D eigenvalue weighted by Gasteiger charge is -2.23. The molecule has 31 heavy (non-hydrogen) atoms. The van der Waals surface area contributed by atoms with Crippen LogP contribution in [0.3, 0.4) is 0 Å². The highest BCUT2D eigenvalue weighted by atomic mass is 19.1. The van der Waals surface area contributed by atoms with Gasteiger partial charge in [-0.25, -0.2) is 18.9 Å². The van der Waals surface area contributed by atoms with Gasteiger partial charge < -0.3 is 20.1 Å². The number of rotatable bonds is 0. The maximum Gasteiger partial charge on any atom is 0.407 e. The summed E-state index contributed by atoms with van der Waals surface area (Å²) in [6.45, 7) is 7.31. The summed E-state index contributed by atoms with van der Waals surface area (Å²) in [7, 11) is 0. The van der Waals surface area contributed by atoms with E-state index >= 15 is 0 Å². The number of carbonyl (C=O) groups is 1. The molecular formula is C22H30FN5O3. The monoisotopic (exact) mass is 431 g/mol. The molecule has 6 bridgehead atoms. The van der Waals surface area contributed by atoms with Crippen LogP contribution in [0.5, 0.6) is 0 Å². The van der Waals surface area contributed by atoms with Crippen molar-refractivity contribution in [1.82, 2.24) is 20.1 Å². The normalized spacial score (nSPS) is 22.6. The zero-order valence-electron chi connectivity index (χ0n) is 18.3. The standard InChI is InChI=1S/C22H30FN5O3/c1-22(2,3)28-19-12-18(27-28)14-5-7-16(11-14)31-21(29)24-9-4-10-30-13-15-6-8-17(23)20(25-15)26-19/h6,8,12,14,16H,4-5,7,9-11,13H2,1-3H3,(H,24,29)(H,25,26)/t14-,16+/m0/s1. The number of hydrogen-bond acceptors (Lipinski definition) is 6. The first kappa shape index (κ1) is 21.5. The van der Waals surface area contributed by atoms with E-state index in [0.29, 0.717) is 31.1 Å². The van der Waals surface area contributed by atoms with Crippen LogP contribution in [-0.4, -0.2) is 40.1 Å². The molecule has 0 unspecified atom stereocenters. The van der Waals surface area contributed by atoms with Gasteiger partial charge in [0.15, 0.2) is 11.6 Å². The molecule has 1 amide bonds. The summed E-state index contributed by atoms with van der Waals surface area (Å²) in [5.74, 6) is 0.575. The summed E-state index contributed by atoms with van der Waals surface area (Å²) in [4.78, 5) is 16.5. The predicted molar refractivity (Wildman–Crippen MR) is 114 cm³/mol. The summed E-state index contributed by atoms with van der Waals surface area (Å²) < 4.78 is 27.6. The molecule has 0 saturated heterocycles. The molecule has 2 N–H and O–H groups in total. The molecule has 1 fully saturated rings. The minimum atomic E-state index is -0.432. The first-order chi connectivity index (χ1) is 14.8. The van der Waals surface area contributed by atoms with Gasteiger partial charge in [-0.05, 0) is 58.6 Å². The summed E-state index contributed by atoms with van der Waals surface area (Å²) in [6.07, 6.45) is 2.53. The van der Waals surface area contributed by atoms with Gasteiger partial charge in [-0.15, -0.1) is 0 Å². The number of carbonyl (C=O) groups excluding carboxylic acids is 1. The van der Waals surface area contributed by atoms with Crippen molar-refractivity contribution in [1.29, 1.82) is 0 Å². The summed E-state index contributed by atoms with van der Waals surface area (Å²) in [6, 6.07) is 4.95. The lowest BCUT2D eigenvalue weighted by atomic mass is 10.0. The molecular weight excluding hydrogens is 401 g/mol. The van der Waals surface area contributed by atoms with Crippen LogP contribution in [0.15, 0.2) is 18.2 Å². The SMILES string of the molecule is CC(C)(C)n1nc2cc1Nc1nc(ccc1F)COCCCNC(=O)O[C@@H]1CC[C@H]2C1. The Labute approximate surface area is 181 Å². The van der Waals surface area contributed by atoms with Crippen molar-refractivity contribution in [2.24, 2.45) is 0 Å². The molecule has 2 aromatic rings. The molecule has 3 heterocycles. The summed E-state index contributed by atoms with van der Waals surface area (Å²) in [5.41, 5.74) is 1.22. The van der Waals surface area contributed by atoms with E-state index in [0.717, 1.165) is 25.0 Å². The van der Waals surface area contributed by atoms with Crippen LogP contribution in [0.2, 0.25) is 0 Å². The van der Waals surface area contributed by atoms with Gasteiger partial charge >= 0.3 is 6.09 Å². The topological polar surface area (TPSA) is 90.3 Å². The molecule has 168 valence electrons. The lowest BCUT2D eigenvalue weighted by Crippen LogP contribution is -2.29. The number of alkyl carbamates (subject to hydrolysis) is 1. The average molecular weight is 432 g/mol. The molecule has 4 rings (SSSR count). The highest BCUT2D eigenvalue weighted by Crippen LogP contribution is 2.38. The molecule has 2 aliphatic rings. The molecule has 1 aliphatic heterocycles. The zero-order valence-corrected chi connectivity index (χ0v) is 18.3. The van der Waals surface area contributed by atoms with E-state index in [1.54, 1.807) is 6.07 Å². The first-order valence-electron chi connectivity index (χ1n) is 10.8. The largest absolute Gasteiger partial charge is 0.446 e. The number of amides is 1. The van der Waals surface area contributed by atoms with E-state index in [1.807, 2.05) is 31.5 Å². The van der Waals surface area contributed by atoms with Crippen molar-refractivity contribution < 1.29 is 18.7 Å². The van der Waals surface area contributed by atoms with Crippen molar-refractivity contribution in [3.63, 3.8) is 0 Å². The third-order valence-corrected chi connectivity index (χ3v) is 5.58. The highest BCUT2D eigenvalue weighted by Gasteiger charge is 2.32. The molecule has 0 aromatic carbocycles.